The lowest BCUT2D eigenvalue weighted by atomic mass is 9.94. The molecule has 1 aliphatic rings. The van der Waals surface area contributed by atoms with E-state index < -0.39 is 0 Å². The van der Waals surface area contributed by atoms with Crippen LogP contribution in [-0.4, -0.2) is 27.6 Å². The van der Waals surface area contributed by atoms with Gasteiger partial charge in [-0.3, -0.25) is 4.57 Å². The molecule has 2 aromatic rings. The number of aromatic nitrogens is 3. The Balaban J connectivity index is 2.17. The monoisotopic (exact) mass is 297 g/mol. The fraction of sp³-hybridized carbons (Fsp3) is 0.500. The standard InChI is InChI=1S/C16H19N5O/c1-20(12-6-4-3-5-7-12)15-14-13(21(2)16(22)19-15)9-8-11(10-17)18-14/h8-9,12H,3-7H2,1-2H3. The van der Waals surface area contributed by atoms with Crippen molar-refractivity contribution in [2.75, 3.05) is 11.9 Å². The van der Waals surface area contributed by atoms with E-state index >= 15 is 0 Å². The van der Waals surface area contributed by atoms with E-state index in [1.165, 1.54) is 23.8 Å². The van der Waals surface area contributed by atoms with Gasteiger partial charge in [0.2, 0.25) is 0 Å². The van der Waals surface area contributed by atoms with Gasteiger partial charge in [-0.15, -0.1) is 0 Å². The van der Waals surface area contributed by atoms with Crippen molar-refractivity contribution in [2.24, 2.45) is 7.05 Å². The lowest BCUT2D eigenvalue weighted by molar-refractivity contribution is 0.426. The van der Waals surface area contributed by atoms with Crippen LogP contribution in [0.15, 0.2) is 16.9 Å². The Morgan fingerprint density at radius 1 is 1.27 bits per heavy atom. The summed E-state index contributed by atoms with van der Waals surface area (Å²) in [4.78, 5) is 22.8. The molecular formula is C16H19N5O. The van der Waals surface area contributed by atoms with E-state index in [1.807, 2.05) is 7.05 Å². The highest BCUT2D eigenvalue weighted by Crippen LogP contribution is 2.28. The quantitative estimate of drug-likeness (QED) is 0.847. The number of hydrogen-bond acceptors (Lipinski definition) is 5. The van der Waals surface area contributed by atoms with Gasteiger partial charge in [-0.1, -0.05) is 19.3 Å². The van der Waals surface area contributed by atoms with Crippen molar-refractivity contribution in [1.82, 2.24) is 14.5 Å². The van der Waals surface area contributed by atoms with E-state index in [1.54, 1.807) is 19.2 Å². The van der Waals surface area contributed by atoms with Gasteiger partial charge < -0.3 is 4.90 Å². The molecule has 0 aromatic carbocycles. The molecule has 22 heavy (non-hydrogen) atoms. The van der Waals surface area contributed by atoms with Crippen LogP contribution in [0.2, 0.25) is 0 Å². The number of hydrogen-bond donors (Lipinski definition) is 0. The van der Waals surface area contributed by atoms with E-state index in [2.05, 4.69) is 20.9 Å². The third-order valence-electron chi connectivity index (χ3n) is 4.51. The fourth-order valence-corrected chi connectivity index (χ4v) is 3.16. The van der Waals surface area contributed by atoms with E-state index in [4.69, 9.17) is 5.26 Å². The minimum absolute atomic E-state index is 0.295. The molecule has 1 saturated carbocycles. The highest BCUT2D eigenvalue weighted by molar-refractivity contribution is 5.86. The smallest absolute Gasteiger partial charge is 0.349 e. The first kappa shape index (κ1) is 14.5. The molecule has 0 saturated heterocycles. The van der Waals surface area contributed by atoms with Crippen molar-refractivity contribution in [3.8, 4) is 6.07 Å². The van der Waals surface area contributed by atoms with Crippen LogP contribution >= 0.6 is 0 Å². The molecule has 0 N–H and O–H groups in total. The molecule has 0 atom stereocenters. The molecular weight excluding hydrogens is 278 g/mol. The average molecular weight is 297 g/mol. The lowest BCUT2D eigenvalue weighted by Gasteiger charge is -2.32. The van der Waals surface area contributed by atoms with Crippen molar-refractivity contribution in [3.63, 3.8) is 0 Å². The number of nitrogens with zero attached hydrogens (tertiary/aromatic N) is 5. The minimum atomic E-state index is -0.295. The maximum absolute atomic E-state index is 12.1. The fourth-order valence-electron chi connectivity index (χ4n) is 3.16. The molecule has 0 bridgehead atoms. The van der Waals surface area contributed by atoms with Crippen LogP contribution in [-0.2, 0) is 7.05 Å². The highest BCUT2D eigenvalue weighted by atomic mass is 16.1. The Morgan fingerprint density at radius 2 is 2.00 bits per heavy atom. The van der Waals surface area contributed by atoms with Gasteiger partial charge in [0.25, 0.3) is 0 Å². The molecule has 6 heteroatoms. The van der Waals surface area contributed by atoms with Crippen LogP contribution in [0.5, 0.6) is 0 Å². The summed E-state index contributed by atoms with van der Waals surface area (Å²) in [5.41, 5.74) is 1.37. The molecule has 3 rings (SSSR count). The first-order chi connectivity index (χ1) is 10.6. The average Bonchev–Trinajstić information content (AvgIpc) is 2.57. The Hall–Kier alpha value is -2.42. The molecule has 2 heterocycles. The summed E-state index contributed by atoms with van der Waals surface area (Å²) < 4.78 is 1.47. The molecule has 114 valence electrons. The van der Waals surface area contributed by atoms with Gasteiger partial charge in [0.15, 0.2) is 5.82 Å². The van der Waals surface area contributed by atoms with Crippen LogP contribution in [0.25, 0.3) is 11.0 Å². The van der Waals surface area contributed by atoms with Gasteiger partial charge in [-0.25, -0.2) is 9.78 Å². The van der Waals surface area contributed by atoms with E-state index in [-0.39, 0.29) is 5.69 Å². The number of aryl methyl sites for hydroxylation is 1. The normalized spacial score (nSPS) is 15.7. The van der Waals surface area contributed by atoms with Crippen molar-refractivity contribution in [2.45, 2.75) is 38.1 Å². The van der Waals surface area contributed by atoms with Crippen molar-refractivity contribution in [1.29, 1.82) is 5.26 Å². The summed E-state index contributed by atoms with van der Waals surface area (Å²) in [6.45, 7) is 0. The summed E-state index contributed by atoms with van der Waals surface area (Å²) in [5, 5.41) is 9.08. The molecule has 0 radical (unpaired) electrons. The number of pyridine rings is 1. The Kier molecular flexibility index (Phi) is 3.80. The van der Waals surface area contributed by atoms with Crippen LogP contribution in [0.1, 0.15) is 37.8 Å². The minimum Gasteiger partial charge on any atom is -0.355 e. The molecule has 1 fully saturated rings. The maximum atomic E-state index is 12.1. The molecule has 0 amide bonds. The predicted octanol–water partition coefficient (Wildman–Crippen LogP) is 1.97. The Labute approximate surface area is 129 Å². The van der Waals surface area contributed by atoms with Crippen LogP contribution < -0.4 is 10.6 Å². The summed E-state index contributed by atoms with van der Waals surface area (Å²) in [7, 11) is 3.65. The van der Waals surface area contributed by atoms with Gasteiger partial charge in [-0.2, -0.15) is 10.2 Å². The Morgan fingerprint density at radius 3 is 2.68 bits per heavy atom. The number of nitriles is 1. The van der Waals surface area contributed by atoms with Gasteiger partial charge >= 0.3 is 5.69 Å². The summed E-state index contributed by atoms with van der Waals surface area (Å²) >= 11 is 0. The molecule has 2 aromatic heterocycles. The van der Waals surface area contributed by atoms with E-state index in [9.17, 15) is 4.79 Å². The largest absolute Gasteiger partial charge is 0.355 e. The number of fused-ring (bicyclic) bond motifs is 1. The summed E-state index contributed by atoms with van der Waals surface area (Å²) in [5.74, 6) is 0.585. The zero-order valence-electron chi connectivity index (χ0n) is 12.9. The number of rotatable bonds is 2. The predicted molar refractivity (Wildman–Crippen MR) is 84.8 cm³/mol. The molecule has 0 spiro atoms. The molecule has 0 unspecified atom stereocenters. The second kappa shape index (κ2) is 5.76. The Bertz CT molecular complexity index is 799. The third-order valence-corrected chi connectivity index (χ3v) is 4.51. The summed E-state index contributed by atoms with van der Waals surface area (Å²) in [6.07, 6.45) is 5.88. The van der Waals surface area contributed by atoms with E-state index in [0.717, 1.165) is 12.8 Å². The first-order valence-corrected chi connectivity index (χ1v) is 7.62. The lowest BCUT2D eigenvalue weighted by Crippen LogP contribution is -2.36. The highest BCUT2D eigenvalue weighted by Gasteiger charge is 2.22. The SMILES string of the molecule is CN(c1nc(=O)n(C)c2ccc(C#N)nc12)C1CCCCC1. The van der Waals surface area contributed by atoms with Gasteiger partial charge in [-0.05, 0) is 25.0 Å². The third kappa shape index (κ3) is 2.43. The zero-order chi connectivity index (χ0) is 15.7. The first-order valence-electron chi connectivity index (χ1n) is 7.62. The van der Waals surface area contributed by atoms with Crippen molar-refractivity contribution in [3.05, 3.63) is 28.3 Å². The zero-order valence-corrected chi connectivity index (χ0v) is 12.9. The second-order valence-electron chi connectivity index (χ2n) is 5.86. The van der Waals surface area contributed by atoms with Gasteiger partial charge in [0, 0.05) is 20.1 Å². The topological polar surface area (TPSA) is 74.8 Å². The van der Waals surface area contributed by atoms with Crippen molar-refractivity contribution < 1.29 is 0 Å². The van der Waals surface area contributed by atoms with Crippen LogP contribution in [0, 0.1) is 11.3 Å². The molecule has 0 aliphatic heterocycles. The second-order valence-corrected chi connectivity index (χ2v) is 5.86. The van der Waals surface area contributed by atoms with Gasteiger partial charge in [0.05, 0.1) is 5.52 Å². The maximum Gasteiger partial charge on any atom is 0.349 e. The molecule has 1 aliphatic carbocycles. The van der Waals surface area contributed by atoms with Gasteiger partial charge in [0.1, 0.15) is 17.3 Å². The van der Waals surface area contributed by atoms with Crippen molar-refractivity contribution >= 4 is 16.9 Å². The summed E-state index contributed by atoms with van der Waals surface area (Å²) in [6, 6.07) is 5.83. The van der Waals surface area contributed by atoms with Crippen LogP contribution in [0.4, 0.5) is 5.82 Å². The van der Waals surface area contributed by atoms with Crippen LogP contribution in [0.3, 0.4) is 0 Å². The van der Waals surface area contributed by atoms with E-state index in [0.29, 0.717) is 28.6 Å². The molecule has 6 nitrogen and oxygen atoms in total. The number of anilines is 1.